The summed E-state index contributed by atoms with van der Waals surface area (Å²) < 4.78 is 19.7. The van der Waals surface area contributed by atoms with Crippen LogP contribution in [-0.4, -0.2) is 28.8 Å². The lowest BCUT2D eigenvalue weighted by molar-refractivity contribution is -0.146. The molecule has 0 amide bonds. The number of rotatable bonds is 4. The number of β-amino-alcohol motifs (C(OH)–C–C–N with tert-alkyl or cyclic N) is 1. The van der Waals surface area contributed by atoms with Crippen molar-refractivity contribution in [2.45, 2.75) is 25.6 Å². The number of nitrogens with one attached hydrogen (secondary N) is 1. The van der Waals surface area contributed by atoms with Crippen molar-refractivity contribution in [2.24, 2.45) is 0 Å². The number of halogens is 2. The smallest absolute Gasteiger partial charge is 0.327 e. The van der Waals surface area contributed by atoms with Gasteiger partial charge in [-0.15, -0.1) is 0 Å². The van der Waals surface area contributed by atoms with Crippen LogP contribution in [-0.2, 0) is 16.1 Å². The van der Waals surface area contributed by atoms with Gasteiger partial charge in [-0.3, -0.25) is 10.1 Å². The zero-order chi connectivity index (χ0) is 18.8. The van der Waals surface area contributed by atoms with E-state index in [4.69, 9.17) is 16.3 Å². The van der Waals surface area contributed by atoms with E-state index in [1.54, 1.807) is 13.0 Å². The summed E-state index contributed by atoms with van der Waals surface area (Å²) in [6, 6.07) is 5.03. The Morgan fingerprint density at radius 3 is 2.92 bits per heavy atom. The molecule has 1 aliphatic heterocycles. The Morgan fingerprint density at radius 2 is 2.23 bits per heavy atom. The van der Waals surface area contributed by atoms with Crippen LogP contribution < -0.4 is 10.9 Å². The predicted molar refractivity (Wildman–Crippen MR) is 93.6 cm³/mol. The van der Waals surface area contributed by atoms with Crippen molar-refractivity contribution in [2.75, 3.05) is 13.2 Å². The summed E-state index contributed by atoms with van der Waals surface area (Å²) >= 11 is 5.78. The number of aliphatic hydroxyl groups is 1. The molecule has 0 radical (unpaired) electrons. The second-order valence-electron chi connectivity index (χ2n) is 5.98. The number of aliphatic hydroxyl groups excluding tert-OH is 1. The van der Waals surface area contributed by atoms with Crippen LogP contribution in [0, 0.1) is 5.82 Å². The number of aromatic nitrogens is 1. The lowest BCUT2D eigenvalue weighted by Gasteiger charge is -2.28. The minimum absolute atomic E-state index is 0.0277. The van der Waals surface area contributed by atoms with Crippen molar-refractivity contribution in [1.29, 1.82) is 0 Å². The summed E-state index contributed by atoms with van der Waals surface area (Å²) in [4.78, 5) is 24.9. The van der Waals surface area contributed by atoms with Crippen LogP contribution in [0.3, 0.4) is 0 Å². The minimum atomic E-state index is -1.03. The highest BCUT2D eigenvalue weighted by Crippen LogP contribution is 2.27. The Kier molecular flexibility index (Phi) is 5.41. The van der Waals surface area contributed by atoms with Crippen molar-refractivity contribution >= 4 is 17.6 Å². The highest BCUT2D eigenvalue weighted by atomic mass is 35.5. The second kappa shape index (κ2) is 7.57. The Hall–Kier alpha value is -2.22. The third-order valence-electron chi connectivity index (χ3n) is 4.26. The summed E-state index contributed by atoms with van der Waals surface area (Å²) in [6.07, 6.45) is 0.497. The van der Waals surface area contributed by atoms with Gasteiger partial charge in [0.05, 0.1) is 29.8 Å². The third kappa shape index (κ3) is 3.51. The topological polar surface area (TPSA) is 80.6 Å². The molecule has 2 unspecified atom stereocenters. The van der Waals surface area contributed by atoms with Gasteiger partial charge in [-0.2, -0.15) is 0 Å². The first-order valence-corrected chi connectivity index (χ1v) is 8.55. The normalized spacial score (nSPS) is 19.1. The van der Waals surface area contributed by atoms with E-state index in [1.807, 2.05) is 0 Å². The van der Waals surface area contributed by atoms with E-state index >= 15 is 0 Å². The molecule has 138 valence electrons. The van der Waals surface area contributed by atoms with Crippen LogP contribution in [0.2, 0.25) is 5.02 Å². The van der Waals surface area contributed by atoms with Gasteiger partial charge in [0, 0.05) is 12.7 Å². The molecule has 2 aromatic rings. The van der Waals surface area contributed by atoms with Crippen LogP contribution in [0.5, 0.6) is 0 Å². The number of carbonyl (C=O) groups is 1. The fraction of sp³-hybridized carbons (Fsp3) is 0.333. The molecule has 3 rings (SSSR count). The number of benzene rings is 1. The van der Waals surface area contributed by atoms with Gasteiger partial charge in [0.15, 0.2) is 0 Å². The van der Waals surface area contributed by atoms with E-state index < -0.39 is 29.5 Å². The van der Waals surface area contributed by atoms with Gasteiger partial charge in [0.1, 0.15) is 11.9 Å². The predicted octanol–water partition coefficient (Wildman–Crippen LogP) is 1.93. The first-order chi connectivity index (χ1) is 12.4. The Morgan fingerprint density at radius 1 is 1.46 bits per heavy atom. The summed E-state index contributed by atoms with van der Waals surface area (Å²) in [5, 5.41) is 13.1. The fourth-order valence-corrected chi connectivity index (χ4v) is 3.23. The molecular formula is C18H18ClFN2O4. The van der Waals surface area contributed by atoms with E-state index in [-0.39, 0.29) is 30.3 Å². The third-order valence-corrected chi connectivity index (χ3v) is 4.54. The molecule has 1 aliphatic rings. The fourth-order valence-electron chi connectivity index (χ4n) is 3.03. The highest BCUT2D eigenvalue weighted by Gasteiger charge is 2.33. The maximum absolute atomic E-state index is 13.3. The van der Waals surface area contributed by atoms with E-state index in [1.165, 1.54) is 29.0 Å². The summed E-state index contributed by atoms with van der Waals surface area (Å²) in [7, 11) is 0. The molecule has 0 saturated carbocycles. The maximum Gasteiger partial charge on any atom is 0.327 e. The highest BCUT2D eigenvalue weighted by molar-refractivity contribution is 6.30. The molecule has 0 bridgehead atoms. The number of carbonyl (C=O) groups excluding carboxylic acids is 1. The first kappa shape index (κ1) is 18.6. The zero-order valence-electron chi connectivity index (χ0n) is 14.0. The molecule has 2 N–H and O–H groups in total. The van der Waals surface area contributed by atoms with Crippen molar-refractivity contribution in [3.63, 3.8) is 0 Å². The monoisotopic (exact) mass is 380 g/mol. The number of ether oxygens (including phenoxy) is 1. The lowest BCUT2D eigenvalue weighted by atomic mass is 9.94. The average molecular weight is 381 g/mol. The molecule has 1 aromatic carbocycles. The summed E-state index contributed by atoms with van der Waals surface area (Å²) in [5.74, 6) is -1.03. The molecule has 0 fully saturated rings. The molecule has 1 aromatic heterocycles. The maximum atomic E-state index is 13.3. The average Bonchev–Trinajstić information content (AvgIpc) is 2.60. The van der Waals surface area contributed by atoms with Gasteiger partial charge in [-0.25, -0.2) is 9.18 Å². The molecule has 0 saturated heterocycles. The number of fused-ring (bicyclic) bond motifs is 1. The Balaban J connectivity index is 1.98. The van der Waals surface area contributed by atoms with Gasteiger partial charge in [0.2, 0.25) is 0 Å². The second-order valence-corrected chi connectivity index (χ2v) is 6.38. The van der Waals surface area contributed by atoms with Gasteiger partial charge < -0.3 is 14.4 Å². The van der Waals surface area contributed by atoms with Crippen LogP contribution in [0.1, 0.15) is 35.8 Å². The molecule has 6 nitrogen and oxygen atoms in total. The van der Waals surface area contributed by atoms with E-state index in [2.05, 4.69) is 5.32 Å². The van der Waals surface area contributed by atoms with Gasteiger partial charge in [0.25, 0.3) is 5.56 Å². The van der Waals surface area contributed by atoms with Crippen molar-refractivity contribution in [1.82, 2.24) is 9.88 Å². The Labute approximate surface area is 154 Å². The van der Waals surface area contributed by atoms with Gasteiger partial charge >= 0.3 is 5.97 Å². The molecule has 2 atom stereocenters. The molecule has 0 aliphatic carbocycles. The quantitative estimate of drug-likeness (QED) is 0.792. The van der Waals surface area contributed by atoms with Crippen molar-refractivity contribution in [3.8, 4) is 0 Å². The minimum Gasteiger partial charge on any atom is -0.465 e. The van der Waals surface area contributed by atoms with Crippen LogP contribution in [0.25, 0.3) is 0 Å². The van der Waals surface area contributed by atoms with Gasteiger partial charge in [-0.1, -0.05) is 17.7 Å². The number of esters is 1. The molecule has 2 heterocycles. The Bertz CT molecular complexity index is 899. The lowest BCUT2D eigenvalue weighted by Crippen LogP contribution is -2.42. The van der Waals surface area contributed by atoms with Crippen LogP contribution in [0.15, 0.2) is 35.3 Å². The van der Waals surface area contributed by atoms with Gasteiger partial charge in [-0.05, 0) is 36.2 Å². The zero-order valence-corrected chi connectivity index (χ0v) is 14.8. The SMILES string of the molecule is CCOC(=O)C1NCC(O)c2c1ccn(Cc1ccc(F)c(Cl)c1)c2=O. The van der Waals surface area contributed by atoms with E-state index in [9.17, 15) is 19.1 Å². The van der Waals surface area contributed by atoms with Crippen LogP contribution in [0.4, 0.5) is 4.39 Å². The first-order valence-electron chi connectivity index (χ1n) is 8.17. The van der Waals surface area contributed by atoms with Crippen LogP contribution >= 0.6 is 11.6 Å². The number of hydrogen-bond acceptors (Lipinski definition) is 5. The number of nitrogens with zero attached hydrogens (tertiary/aromatic N) is 1. The van der Waals surface area contributed by atoms with Crippen molar-refractivity contribution < 1.29 is 19.0 Å². The van der Waals surface area contributed by atoms with Crippen molar-refractivity contribution in [3.05, 3.63) is 68.3 Å². The number of pyridine rings is 1. The summed E-state index contributed by atoms with van der Waals surface area (Å²) in [6.45, 7) is 2.15. The van der Waals surface area contributed by atoms with E-state index in [0.717, 1.165) is 0 Å². The molecular weight excluding hydrogens is 363 g/mol. The number of hydrogen-bond donors (Lipinski definition) is 2. The molecule has 26 heavy (non-hydrogen) atoms. The summed E-state index contributed by atoms with van der Waals surface area (Å²) in [5.41, 5.74) is 0.799. The molecule has 8 heteroatoms. The van der Waals surface area contributed by atoms with E-state index in [0.29, 0.717) is 11.1 Å². The standard InChI is InChI=1S/C18H18ClFN2O4/c1-2-26-18(25)16-11-5-6-22(17(24)15(11)14(23)8-21-16)9-10-3-4-13(20)12(19)7-10/h3-7,14,16,21,23H,2,8-9H2,1H3. The largest absolute Gasteiger partial charge is 0.465 e. The molecule has 0 spiro atoms.